The molecule has 2 aromatic rings. The summed E-state index contributed by atoms with van der Waals surface area (Å²) in [6.45, 7) is 0. The summed E-state index contributed by atoms with van der Waals surface area (Å²) in [5, 5.41) is 0. The number of nitrogen functional groups attached to an aromatic ring is 2. The van der Waals surface area contributed by atoms with Crippen LogP contribution >= 0.6 is 0 Å². The van der Waals surface area contributed by atoms with Crippen LogP contribution in [0.1, 0.15) is 35.1 Å². The van der Waals surface area contributed by atoms with Crippen molar-refractivity contribution in [2.45, 2.75) is 38.0 Å². The third kappa shape index (κ3) is 5.06. The van der Waals surface area contributed by atoms with Gasteiger partial charge in [0, 0.05) is 11.4 Å². The predicted octanol–water partition coefficient (Wildman–Crippen LogP) is 5.45. The fourth-order valence-electron chi connectivity index (χ4n) is 2.78. The normalized spacial score (nSPS) is 12.4. The molecule has 0 fully saturated rings. The van der Waals surface area contributed by atoms with E-state index in [4.69, 9.17) is 11.5 Å². The number of unbranched alkanes of at least 4 members (excludes halogenated alkanes) is 1. The molecule has 0 saturated heterocycles. The van der Waals surface area contributed by atoms with Gasteiger partial charge >= 0.3 is 12.4 Å². The Bertz CT molecular complexity index is 700. The van der Waals surface area contributed by atoms with Crippen LogP contribution in [0, 0.1) is 0 Å². The van der Waals surface area contributed by atoms with Crippen LogP contribution < -0.4 is 11.5 Å². The first-order valence-electron chi connectivity index (χ1n) is 7.89. The number of nitrogens with two attached hydrogens (primary N) is 2. The van der Waals surface area contributed by atoms with Gasteiger partial charge in [-0.05, 0) is 61.1 Å². The van der Waals surface area contributed by atoms with Crippen LogP contribution in [-0.4, -0.2) is 0 Å². The van der Waals surface area contributed by atoms with E-state index in [9.17, 15) is 26.3 Å². The van der Waals surface area contributed by atoms with Crippen LogP contribution in [0.25, 0.3) is 0 Å². The van der Waals surface area contributed by atoms with Gasteiger partial charge in [-0.3, -0.25) is 0 Å². The summed E-state index contributed by atoms with van der Waals surface area (Å²) in [6, 6.07) is 7.12. The van der Waals surface area contributed by atoms with E-state index in [-0.39, 0.29) is 35.3 Å². The Kier molecular flexibility index (Phi) is 5.73. The van der Waals surface area contributed by atoms with E-state index in [1.807, 2.05) is 0 Å². The smallest absolute Gasteiger partial charge is 0.399 e. The molecule has 0 aliphatic heterocycles. The molecule has 0 aliphatic rings. The maximum Gasteiger partial charge on any atom is 0.416 e. The van der Waals surface area contributed by atoms with E-state index in [2.05, 4.69) is 0 Å². The van der Waals surface area contributed by atoms with Gasteiger partial charge < -0.3 is 11.5 Å². The Morgan fingerprint density at radius 3 is 1.27 bits per heavy atom. The van der Waals surface area contributed by atoms with E-state index in [0.717, 1.165) is 12.1 Å². The minimum atomic E-state index is -4.52. The lowest BCUT2D eigenvalue weighted by molar-refractivity contribution is -0.139. The summed E-state index contributed by atoms with van der Waals surface area (Å²) in [5.41, 5.74) is 9.40. The van der Waals surface area contributed by atoms with Gasteiger partial charge in [-0.15, -0.1) is 0 Å². The number of anilines is 2. The van der Waals surface area contributed by atoms with Crippen molar-refractivity contribution in [3.63, 3.8) is 0 Å². The Hall–Kier alpha value is -2.38. The molecule has 2 aromatic carbocycles. The van der Waals surface area contributed by atoms with E-state index < -0.39 is 23.5 Å². The average molecular weight is 376 g/mol. The third-order valence-electron chi connectivity index (χ3n) is 4.02. The van der Waals surface area contributed by atoms with Crippen molar-refractivity contribution >= 4 is 11.4 Å². The zero-order valence-corrected chi connectivity index (χ0v) is 13.7. The Morgan fingerprint density at radius 1 is 0.615 bits per heavy atom. The second-order valence-corrected chi connectivity index (χ2v) is 6.04. The molecule has 4 N–H and O–H groups in total. The van der Waals surface area contributed by atoms with Crippen LogP contribution in [0.15, 0.2) is 36.4 Å². The number of rotatable bonds is 5. The minimum absolute atomic E-state index is 0.0118. The quantitative estimate of drug-likeness (QED) is 0.414. The van der Waals surface area contributed by atoms with Crippen LogP contribution in [0.5, 0.6) is 0 Å². The molecule has 0 radical (unpaired) electrons. The zero-order valence-electron chi connectivity index (χ0n) is 13.7. The second-order valence-electron chi connectivity index (χ2n) is 6.04. The number of halogens is 6. The highest BCUT2D eigenvalue weighted by Crippen LogP contribution is 2.35. The molecular formula is C18H18F6N2. The number of hydrogen-bond donors (Lipinski definition) is 2. The van der Waals surface area contributed by atoms with E-state index in [1.54, 1.807) is 0 Å². The van der Waals surface area contributed by atoms with Crippen molar-refractivity contribution < 1.29 is 26.3 Å². The van der Waals surface area contributed by atoms with Gasteiger partial charge in [-0.1, -0.05) is 12.1 Å². The summed E-state index contributed by atoms with van der Waals surface area (Å²) in [6.07, 6.45) is -8.21. The van der Waals surface area contributed by atoms with Crippen molar-refractivity contribution in [1.82, 2.24) is 0 Å². The summed E-state index contributed by atoms with van der Waals surface area (Å²) in [5.74, 6) is 0. The highest BCUT2D eigenvalue weighted by atomic mass is 19.4. The molecule has 0 bridgehead atoms. The van der Waals surface area contributed by atoms with Gasteiger partial charge in [-0.25, -0.2) is 0 Å². The van der Waals surface area contributed by atoms with Crippen LogP contribution in [0.3, 0.4) is 0 Å². The molecule has 0 aromatic heterocycles. The van der Waals surface area contributed by atoms with Crippen molar-refractivity contribution in [2.24, 2.45) is 0 Å². The molecule has 8 heteroatoms. The van der Waals surface area contributed by atoms with Crippen molar-refractivity contribution in [3.8, 4) is 0 Å². The summed E-state index contributed by atoms with van der Waals surface area (Å²) >= 11 is 0. The Morgan fingerprint density at radius 2 is 0.962 bits per heavy atom. The van der Waals surface area contributed by atoms with Crippen LogP contribution in [-0.2, 0) is 25.2 Å². The Balaban J connectivity index is 2.05. The summed E-state index contributed by atoms with van der Waals surface area (Å²) in [4.78, 5) is 0. The molecular weight excluding hydrogens is 358 g/mol. The predicted molar refractivity (Wildman–Crippen MR) is 88.4 cm³/mol. The zero-order chi connectivity index (χ0) is 19.5. The first-order chi connectivity index (χ1) is 12.0. The largest absolute Gasteiger partial charge is 0.416 e. The second kappa shape index (κ2) is 7.47. The van der Waals surface area contributed by atoms with Gasteiger partial charge in [0.25, 0.3) is 0 Å². The molecule has 0 spiro atoms. The van der Waals surface area contributed by atoms with Gasteiger partial charge in [0.05, 0.1) is 11.1 Å². The van der Waals surface area contributed by atoms with Crippen molar-refractivity contribution in [2.75, 3.05) is 11.5 Å². The van der Waals surface area contributed by atoms with E-state index >= 15 is 0 Å². The minimum Gasteiger partial charge on any atom is -0.399 e. The first-order valence-corrected chi connectivity index (χ1v) is 7.89. The highest BCUT2D eigenvalue weighted by molar-refractivity contribution is 5.47. The lowest BCUT2D eigenvalue weighted by atomic mass is 9.97. The molecule has 0 atom stereocenters. The summed E-state index contributed by atoms with van der Waals surface area (Å²) in [7, 11) is 0. The standard InChI is InChI=1S/C18H18F6N2/c19-17(20,21)15-9-13(25)7-5-11(15)3-1-2-4-12-6-8-14(26)10-16(12)18(22,23)24/h5-10H,1-4,25-26H2. The van der Waals surface area contributed by atoms with Crippen molar-refractivity contribution in [3.05, 3.63) is 58.7 Å². The average Bonchev–Trinajstić information content (AvgIpc) is 2.52. The molecule has 2 nitrogen and oxygen atoms in total. The first kappa shape index (κ1) is 19.9. The van der Waals surface area contributed by atoms with E-state index in [1.165, 1.54) is 24.3 Å². The lowest BCUT2D eigenvalue weighted by Crippen LogP contribution is -2.11. The molecule has 0 saturated carbocycles. The monoisotopic (exact) mass is 376 g/mol. The van der Waals surface area contributed by atoms with Gasteiger partial charge in [0.1, 0.15) is 0 Å². The van der Waals surface area contributed by atoms with E-state index in [0.29, 0.717) is 12.8 Å². The van der Waals surface area contributed by atoms with Gasteiger partial charge in [0.15, 0.2) is 0 Å². The number of hydrogen-bond acceptors (Lipinski definition) is 2. The topological polar surface area (TPSA) is 52.0 Å². The van der Waals surface area contributed by atoms with Crippen LogP contribution in [0.4, 0.5) is 37.7 Å². The molecule has 26 heavy (non-hydrogen) atoms. The highest BCUT2D eigenvalue weighted by Gasteiger charge is 2.34. The number of benzene rings is 2. The molecule has 0 unspecified atom stereocenters. The lowest BCUT2D eigenvalue weighted by Gasteiger charge is -2.15. The maximum atomic E-state index is 13.0. The van der Waals surface area contributed by atoms with Gasteiger partial charge in [-0.2, -0.15) is 26.3 Å². The number of alkyl halides is 6. The molecule has 2 rings (SSSR count). The van der Waals surface area contributed by atoms with Crippen LogP contribution in [0.2, 0.25) is 0 Å². The molecule has 0 heterocycles. The summed E-state index contributed by atoms with van der Waals surface area (Å²) < 4.78 is 78.2. The molecule has 0 amide bonds. The molecule has 0 aliphatic carbocycles. The fraction of sp³-hybridized carbons (Fsp3) is 0.333. The fourth-order valence-corrected chi connectivity index (χ4v) is 2.78. The Labute approximate surface area is 146 Å². The third-order valence-corrected chi connectivity index (χ3v) is 4.02. The number of aryl methyl sites for hydroxylation is 2. The maximum absolute atomic E-state index is 13.0. The SMILES string of the molecule is Nc1ccc(CCCCc2ccc(N)cc2C(F)(F)F)c(C(F)(F)F)c1. The molecule has 142 valence electrons. The van der Waals surface area contributed by atoms with Gasteiger partial charge in [0.2, 0.25) is 0 Å². The van der Waals surface area contributed by atoms with Crippen molar-refractivity contribution in [1.29, 1.82) is 0 Å².